The summed E-state index contributed by atoms with van der Waals surface area (Å²) >= 11 is 0. The molecular formula is C16H22N4O3. The number of aliphatic hydroxyl groups is 1. The fourth-order valence-electron chi connectivity index (χ4n) is 2.12. The van der Waals surface area contributed by atoms with E-state index in [1.807, 2.05) is 30.3 Å². The summed E-state index contributed by atoms with van der Waals surface area (Å²) in [6, 6.07) is 8.70. The van der Waals surface area contributed by atoms with Gasteiger partial charge in [0.1, 0.15) is 0 Å². The van der Waals surface area contributed by atoms with Crippen molar-refractivity contribution in [2.24, 2.45) is 0 Å². The summed E-state index contributed by atoms with van der Waals surface area (Å²) in [5, 5.41) is 16.4. The Hall–Kier alpha value is -2.41. The van der Waals surface area contributed by atoms with E-state index >= 15 is 0 Å². The van der Waals surface area contributed by atoms with Gasteiger partial charge in [-0.2, -0.15) is 4.98 Å². The fraction of sp³-hybridized carbons (Fsp3) is 0.438. The molecule has 1 heterocycles. The van der Waals surface area contributed by atoms with Crippen LogP contribution in [-0.4, -0.2) is 45.4 Å². The SMILES string of the molecule is CC(NC(=O)N(C)CC(C)(C)O)c1noc(-c2ccccc2)n1. The molecule has 2 N–H and O–H groups in total. The molecule has 7 nitrogen and oxygen atoms in total. The average molecular weight is 318 g/mol. The van der Waals surface area contributed by atoms with Crippen LogP contribution >= 0.6 is 0 Å². The van der Waals surface area contributed by atoms with Gasteiger partial charge in [0.25, 0.3) is 5.89 Å². The molecule has 1 aromatic carbocycles. The molecule has 7 heteroatoms. The maximum Gasteiger partial charge on any atom is 0.317 e. The molecular weight excluding hydrogens is 296 g/mol. The first-order chi connectivity index (χ1) is 10.8. The van der Waals surface area contributed by atoms with E-state index in [4.69, 9.17) is 4.52 Å². The van der Waals surface area contributed by atoms with Crippen LogP contribution in [-0.2, 0) is 0 Å². The zero-order valence-electron chi connectivity index (χ0n) is 13.8. The van der Waals surface area contributed by atoms with Crippen LogP contribution in [0.4, 0.5) is 4.79 Å². The minimum absolute atomic E-state index is 0.215. The number of nitrogens with one attached hydrogen (secondary N) is 1. The maximum atomic E-state index is 12.1. The minimum atomic E-state index is -0.956. The van der Waals surface area contributed by atoms with Crippen LogP contribution in [0.15, 0.2) is 34.9 Å². The quantitative estimate of drug-likeness (QED) is 0.882. The number of rotatable bonds is 5. The van der Waals surface area contributed by atoms with E-state index in [1.165, 1.54) is 4.90 Å². The first kappa shape index (κ1) is 17.0. The van der Waals surface area contributed by atoms with Crippen LogP contribution in [0.5, 0.6) is 0 Å². The third kappa shape index (κ3) is 4.79. The molecule has 0 saturated carbocycles. The monoisotopic (exact) mass is 318 g/mol. The van der Waals surface area contributed by atoms with E-state index in [0.29, 0.717) is 11.7 Å². The molecule has 2 rings (SSSR count). The highest BCUT2D eigenvalue weighted by Crippen LogP contribution is 2.18. The van der Waals surface area contributed by atoms with Crippen LogP contribution in [0.3, 0.4) is 0 Å². The molecule has 1 atom stereocenters. The Morgan fingerprint density at radius 3 is 2.65 bits per heavy atom. The van der Waals surface area contributed by atoms with Gasteiger partial charge < -0.3 is 19.8 Å². The van der Waals surface area contributed by atoms with E-state index in [2.05, 4.69) is 15.5 Å². The Bertz CT molecular complexity index is 649. The normalized spacial score (nSPS) is 12.7. The highest BCUT2D eigenvalue weighted by atomic mass is 16.5. The Morgan fingerprint density at radius 1 is 1.39 bits per heavy atom. The van der Waals surface area contributed by atoms with Gasteiger partial charge in [-0.05, 0) is 32.9 Å². The van der Waals surface area contributed by atoms with Crippen LogP contribution in [0, 0.1) is 0 Å². The molecule has 0 aliphatic rings. The maximum absolute atomic E-state index is 12.1. The van der Waals surface area contributed by atoms with Gasteiger partial charge in [-0.1, -0.05) is 23.4 Å². The number of likely N-dealkylation sites (N-methyl/N-ethyl adjacent to an activating group) is 1. The smallest absolute Gasteiger partial charge is 0.317 e. The van der Waals surface area contributed by atoms with Crippen molar-refractivity contribution in [3.63, 3.8) is 0 Å². The molecule has 1 aromatic heterocycles. The highest BCUT2D eigenvalue weighted by Gasteiger charge is 2.22. The van der Waals surface area contributed by atoms with Gasteiger partial charge in [-0.3, -0.25) is 0 Å². The number of urea groups is 1. The predicted molar refractivity (Wildman–Crippen MR) is 85.6 cm³/mol. The van der Waals surface area contributed by atoms with Gasteiger partial charge in [0.15, 0.2) is 5.82 Å². The molecule has 0 bridgehead atoms. The van der Waals surface area contributed by atoms with Gasteiger partial charge in [0, 0.05) is 12.6 Å². The van der Waals surface area contributed by atoms with E-state index in [9.17, 15) is 9.90 Å². The molecule has 124 valence electrons. The van der Waals surface area contributed by atoms with Crippen molar-refractivity contribution in [1.29, 1.82) is 0 Å². The number of amides is 2. The fourth-order valence-corrected chi connectivity index (χ4v) is 2.12. The lowest BCUT2D eigenvalue weighted by Crippen LogP contribution is -2.45. The second-order valence-electron chi connectivity index (χ2n) is 6.16. The van der Waals surface area contributed by atoms with Crippen molar-refractivity contribution in [3.8, 4) is 11.5 Å². The zero-order valence-corrected chi connectivity index (χ0v) is 13.8. The summed E-state index contributed by atoms with van der Waals surface area (Å²) in [7, 11) is 1.62. The number of hydrogen-bond donors (Lipinski definition) is 2. The molecule has 2 amide bonds. The molecule has 1 unspecified atom stereocenters. The van der Waals surface area contributed by atoms with Crippen LogP contribution < -0.4 is 5.32 Å². The lowest BCUT2D eigenvalue weighted by atomic mass is 10.1. The number of carbonyl (C=O) groups is 1. The van der Waals surface area contributed by atoms with Gasteiger partial charge in [-0.25, -0.2) is 4.79 Å². The van der Waals surface area contributed by atoms with Crippen molar-refractivity contribution in [1.82, 2.24) is 20.4 Å². The second-order valence-corrected chi connectivity index (χ2v) is 6.16. The zero-order chi connectivity index (χ0) is 17.0. The lowest BCUT2D eigenvalue weighted by Gasteiger charge is -2.26. The van der Waals surface area contributed by atoms with Crippen LogP contribution in [0.1, 0.15) is 32.6 Å². The van der Waals surface area contributed by atoms with Gasteiger partial charge >= 0.3 is 6.03 Å². The topological polar surface area (TPSA) is 91.5 Å². The van der Waals surface area contributed by atoms with E-state index in [0.717, 1.165) is 5.56 Å². The molecule has 0 fully saturated rings. The highest BCUT2D eigenvalue weighted by molar-refractivity contribution is 5.74. The van der Waals surface area contributed by atoms with E-state index < -0.39 is 11.6 Å². The second kappa shape index (κ2) is 6.78. The molecule has 0 aliphatic carbocycles. The van der Waals surface area contributed by atoms with Gasteiger partial charge in [-0.15, -0.1) is 0 Å². The van der Waals surface area contributed by atoms with E-state index in [-0.39, 0.29) is 12.6 Å². The van der Waals surface area contributed by atoms with Crippen LogP contribution in [0.25, 0.3) is 11.5 Å². The molecule has 0 spiro atoms. The first-order valence-corrected chi connectivity index (χ1v) is 7.39. The van der Waals surface area contributed by atoms with Crippen LogP contribution in [0.2, 0.25) is 0 Å². The molecule has 0 saturated heterocycles. The first-order valence-electron chi connectivity index (χ1n) is 7.39. The van der Waals surface area contributed by atoms with Gasteiger partial charge in [0.05, 0.1) is 18.2 Å². The Balaban J connectivity index is 2.00. The minimum Gasteiger partial charge on any atom is -0.389 e. The summed E-state index contributed by atoms with van der Waals surface area (Å²) < 4.78 is 5.23. The van der Waals surface area contributed by atoms with Crippen molar-refractivity contribution in [3.05, 3.63) is 36.2 Å². The number of carbonyl (C=O) groups excluding carboxylic acids is 1. The summed E-state index contributed by atoms with van der Waals surface area (Å²) in [6.07, 6.45) is 0. The third-order valence-electron chi connectivity index (χ3n) is 3.16. The molecule has 0 aliphatic heterocycles. The van der Waals surface area contributed by atoms with Gasteiger partial charge in [0.2, 0.25) is 0 Å². The Labute approximate surface area is 135 Å². The van der Waals surface area contributed by atoms with Crippen molar-refractivity contribution >= 4 is 6.03 Å². The Morgan fingerprint density at radius 2 is 2.04 bits per heavy atom. The predicted octanol–water partition coefficient (Wildman–Crippen LogP) is 2.21. The van der Waals surface area contributed by atoms with Crippen molar-refractivity contribution < 1.29 is 14.4 Å². The number of benzene rings is 1. The molecule has 0 radical (unpaired) electrons. The number of hydrogen-bond acceptors (Lipinski definition) is 5. The number of nitrogens with zero attached hydrogens (tertiary/aromatic N) is 3. The average Bonchev–Trinajstić information content (AvgIpc) is 2.96. The Kier molecular flexibility index (Phi) is 5.00. The summed E-state index contributed by atoms with van der Waals surface area (Å²) in [5.74, 6) is 0.806. The van der Waals surface area contributed by atoms with Crippen molar-refractivity contribution in [2.75, 3.05) is 13.6 Å². The molecule has 2 aromatic rings. The molecule has 23 heavy (non-hydrogen) atoms. The van der Waals surface area contributed by atoms with E-state index in [1.54, 1.807) is 27.8 Å². The largest absolute Gasteiger partial charge is 0.389 e. The summed E-state index contributed by atoms with van der Waals surface area (Å²) in [6.45, 7) is 5.28. The lowest BCUT2D eigenvalue weighted by molar-refractivity contribution is 0.0528. The van der Waals surface area contributed by atoms with Crippen molar-refractivity contribution in [2.45, 2.75) is 32.4 Å². The standard InChI is InChI=1S/C16H22N4O3/c1-11(17-15(21)20(4)10-16(2,3)22)13-18-14(23-19-13)12-8-6-5-7-9-12/h5-9,11,22H,10H2,1-4H3,(H,17,21). The summed E-state index contributed by atoms with van der Waals surface area (Å²) in [5.41, 5.74) is -0.133. The third-order valence-corrected chi connectivity index (χ3v) is 3.16. The number of aromatic nitrogens is 2. The summed E-state index contributed by atoms with van der Waals surface area (Å²) in [4.78, 5) is 17.8.